The van der Waals surface area contributed by atoms with Gasteiger partial charge in [-0.3, -0.25) is 9.59 Å². The second kappa shape index (κ2) is 9.44. The number of hydrazone groups is 1. The molecule has 130 valence electrons. The molecule has 0 saturated carbocycles. The lowest BCUT2D eigenvalue weighted by Gasteiger charge is -2.06. The van der Waals surface area contributed by atoms with Crippen molar-refractivity contribution in [3.05, 3.63) is 64.7 Å². The van der Waals surface area contributed by atoms with Crippen LogP contribution in [-0.2, 0) is 4.79 Å². The van der Waals surface area contributed by atoms with Crippen molar-refractivity contribution in [1.29, 1.82) is 0 Å². The summed E-state index contributed by atoms with van der Waals surface area (Å²) >= 11 is 5.76. The second-order valence-electron chi connectivity index (χ2n) is 4.95. The number of benzene rings is 2. The molecule has 0 aliphatic heterocycles. The number of hydrogen-bond donors (Lipinski definition) is 2. The maximum absolute atomic E-state index is 11.9. The Morgan fingerprint density at radius 1 is 1.16 bits per heavy atom. The highest BCUT2D eigenvalue weighted by molar-refractivity contribution is 6.30. The Balaban J connectivity index is 1.82. The van der Waals surface area contributed by atoms with Gasteiger partial charge < -0.3 is 10.1 Å². The van der Waals surface area contributed by atoms with Crippen molar-refractivity contribution in [3.63, 3.8) is 0 Å². The summed E-state index contributed by atoms with van der Waals surface area (Å²) < 4.78 is 5.46. The van der Waals surface area contributed by atoms with Crippen LogP contribution in [0.5, 0.6) is 5.75 Å². The van der Waals surface area contributed by atoms with Crippen molar-refractivity contribution in [2.45, 2.75) is 6.92 Å². The molecule has 2 aromatic carbocycles. The van der Waals surface area contributed by atoms with Crippen molar-refractivity contribution < 1.29 is 14.3 Å². The molecule has 2 aromatic rings. The van der Waals surface area contributed by atoms with Crippen molar-refractivity contribution in [3.8, 4) is 5.75 Å². The van der Waals surface area contributed by atoms with Gasteiger partial charge in [-0.25, -0.2) is 5.43 Å². The first-order valence-corrected chi connectivity index (χ1v) is 8.05. The van der Waals surface area contributed by atoms with E-state index >= 15 is 0 Å². The molecule has 0 aliphatic carbocycles. The summed E-state index contributed by atoms with van der Waals surface area (Å²) in [7, 11) is 0. The SMILES string of the molecule is CCOc1ccccc1/C=N/NC(=O)CNC(=O)c1ccc(Cl)cc1. The van der Waals surface area contributed by atoms with Crippen molar-refractivity contribution in [1.82, 2.24) is 10.7 Å². The Hall–Kier alpha value is -2.86. The van der Waals surface area contributed by atoms with Gasteiger partial charge in [0.05, 0.1) is 19.4 Å². The smallest absolute Gasteiger partial charge is 0.259 e. The molecule has 2 amide bonds. The fourth-order valence-corrected chi connectivity index (χ4v) is 2.08. The number of amides is 2. The number of carbonyl (C=O) groups is 2. The predicted octanol–water partition coefficient (Wildman–Crippen LogP) is 2.62. The van der Waals surface area contributed by atoms with E-state index < -0.39 is 5.91 Å². The Labute approximate surface area is 150 Å². The van der Waals surface area contributed by atoms with Gasteiger partial charge in [0.1, 0.15) is 5.75 Å². The van der Waals surface area contributed by atoms with E-state index in [1.54, 1.807) is 24.3 Å². The van der Waals surface area contributed by atoms with Crippen molar-refractivity contribution in [2.24, 2.45) is 5.10 Å². The average molecular weight is 360 g/mol. The van der Waals surface area contributed by atoms with Gasteiger partial charge in [-0.05, 0) is 43.3 Å². The van der Waals surface area contributed by atoms with Gasteiger partial charge in [0.15, 0.2) is 0 Å². The first kappa shape index (κ1) is 18.5. The Bertz CT molecular complexity index is 760. The average Bonchev–Trinajstić information content (AvgIpc) is 2.62. The van der Waals surface area contributed by atoms with Crippen LogP contribution in [-0.4, -0.2) is 31.2 Å². The first-order valence-electron chi connectivity index (χ1n) is 7.67. The maximum Gasteiger partial charge on any atom is 0.259 e. The van der Waals surface area contributed by atoms with E-state index in [1.165, 1.54) is 6.21 Å². The minimum absolute atomic E-state index is 0.189. The van der Waals surface area contributed by atoms with Crippen LogP contribution in [0.1, 0.15) is 22.8 Å². The van der Waals surface area contributed by atoms with Crippen LogP contribution in [0.2, 0.25) is 5.02 Å². The van der Waals surface area contributed by atoms with E-state index in [1.807, 2.05) is 31.2 Å². The van der Waals surface area contributed by atoms with Gasteiger partial charge in [-0.1, -0.05) is 23.7 Å². The van der Waals surface area contributed by atoms with Gasteiger partial charge >= 0.3 is 0 Å². The molecule has 2 rings (SSSR count). The van der Waals surface area contributed by atoms with E-state index in [0.717, 1.165) is 5.56 Å². The fourth-order valence-electron chi connectivity index (χ4n) is 1.95. The second-order valence-corrected chi connectivity index (χ2v) is 5.39. The van der Waals surface area contributed by atoms with Crippen LogP contribution in [0.25, 0.3) is 0 Å². The van der Waals surface area contributed by atoms with Gasteiger partial charge in [0, 0.05) is 16.1 Å². The molecule has 0 spiro atoms. The molecule has 0 heterocycles. The zero-order chi connectivity index (χ0) is 18.1. The van der Waals surface area contributed by atoms with Crippen LogP contribution in [0.4, 0.5) is 0 Å². The molecular formula is C18H18ClN3O3. The number of para-hydroxylation sites is 1. The number of halogens is 1. The Kier molecular flexibility index (Phi) is 6.98. The number of rotatable bonds is 7. The molecule has 0 saturated heterocycles. The monoisotopic (exact) mass is 359 g/mol. The number of nitrogens with one attached hydrogen (secondary N) is 2. The highest BCUT2D eigenvalue weighted by Crippen LogP contribution is 2.15. The van der Waals surface area contributed by atoms with Crippen LogP contribution >= 0.6 is 11.6 Å². The number of ether oxygens (including phenoxy) is 1. The lowest BCUT2D eigenvalue weighted by molar-refractivity contribution is -0.120. The topological polar surface area (TPSA) is 79.8 Å². The molecule has 0 unspecified atom stereocenters. The third-order valence-electron chi connectivity index (χ3n) is 3.13. The van der Waals surface area contributed by atoms with Crippen molar-refractivity contribution in [2.75, 3.05) is 13.2 Å². The minimum Gasteiger partial charge on any atom is -0.493 e. The summed E-state index contributed by atoms with van der Waals surface area (Å²) in [4.78, 5) is 23.6. The number of hydrogen-bond acceptors (Lipinski definition) is 4. The number of carbonyl (C=O) groups excluding carboxylic acids is 2. The molecule has 0 bridgehead atoms. The molecule has 0 aromatic heterocycles. The first-order chi connectivity index (χ1) is 12.1. The highest BCUT2D eigenvalue weighted by atomic mass is 35.5. The zero-order valence-corrected chi connectivity index (χ0v) is 14.4. The standard InChI is InChI=1S/C18H18ClN3O3/c1-2-25-16-6-4-3-5-14(16)11-21-22-17(23)12-20-18(24)13-7-9-15(19)10-8-13/h3-11H,2,12H2,1H3,(H,20,24)(H,22,23)/b21-11+. The lowest BCUT2D eigenvalue weighted by Crippen LogP contribution is -2.34. The quantitative estimate of drug-likeness (QED) is 0.589. The van der Waals surface area contributed by atoms with E-state index in [4.69, 9.17) is 16.3 Å². The summed E-state index contributed by atoms with van der Waals surface area (Å²) in [5.74, 6) is -0.121. The van der Waals surface area contributed by atoms with E-state index in [0.29, 0.717) is 22.9 Å². The van der Waals surface area contributed by atoms with Crippen LogP contribution < -0.4 is 15.5 Å². The minimum atomic E-state index is -0.438. The zero-order valence-electron chi connectivity index (χ0n) is 13.7. The molecular weight excluding hydrogens is 342 g/mol. The highest BCUT2D eigenvalue weighted by Gasteiger charge is 2.07. The normalized spacial score (nSPS) is 10.5. The van der Waals surface area contributed by atoms with E-state index in [-0.39, 0.29) is 12.5 Å². The summed E-state index contributed by atoms with van der Waals surface area (Å²) in [5.41, 5.74) is 3.52. The molecule has 25 heavy (non-hydrogen) atoms. The fraction of sp³-hybridized carbons (Fsp3) is 0.167. The van der Waals surface area contributed by atoms with Crippen LogP contribution in [0.3, 0.4) is 0 Å². The molecule has 7 heteroatoms. The van der Waals surface area contributed by atoms with Gasteiger partial charge in [0.25, 0.3) is 11.8 Å². The van der Waals surface area contributed by atoms with E-state index in [9.17, 15) is 9.59 Å². The Morgan fingerprint density at radius 2 is 1.88 bits per heavy atom. The van der Waals surface area contributed by atoms with Gasteiger partial charge in [-0.2, -0.15) is 5.10 Å². The molecule has 2 N–H and O–H groups in total. The predicted molar refractivity (Wildman–Crippen MR) is 97.1 cm³/mol. The molecule has 0 fully saturated rings. The van der Waals surface area contributed by atoms with Gasteiger partial charge in [-0.15, -0.1) is 0 Å². The lowest BCUT2D eigenvalue weighted by atomic mass is 10.2. The molecule has 0 aliphatic rings. The molecule has 6 nitrogen and oxygen atoms in total. The number of nitrogens with zero attached hydrogens (tertiary/aromatic N) is 1. The maximum atomic E-state index is 11.9. The molecule has 0 atom stereocenters. The van der Waals surface area contributed by atoms with Crippen LogP contribution in [0, 0.1) is 0 Å². The Morgan fingerprint density at radius 3 is 2.60 bits per heavy atom. The summed E-state index contributed by atoms with van der Waals surface area (Å²) in [5, 5.41) is 6.92. The third-order valence-corrected chi connectivity index (χ3v) is 3.38. The van der Waals surface area contributed by atoms with E-state index in [2.05, 4.69) is 15.8 Å². The van der Waals surface area contributed by atoms with Crippen molar-refractivity contribution >= 4 is 29.6 Å². The van der Waals surface area contributed by atoms with Crippen LogP contribution in [0.15, 0.2) is 53.6 Å². The summed E-state index contributed by atoms with van der Waals surface area (Å²) in [6.45, 7) is 2.24. The summed E-state index contributed by atoms with van der Waals surface area (Å²) in [6.07, 6.45) is 1.49. The third kappa shape index (κ3) is 5.93. The van der Waals surface area contributed by atoms with Gasteiger partial charge in [0.2, 0.25) is 0 Å². The summed E-state index contributed by atoms with van der Waals surface area (Å²) in [6, 6.07) is 13.7. The molecule has 0 radical (unpaired) electrons. The largest absolute Gasteiger partial charge is 0.493 e.